The summed E-state index contributed by atoms with van der Waals surface area (Å²) >= 11 is 3.30. The number of carboxylic acids is 2. The molecule has 0 saturated carbocycles. The fourth-order valence-corrected chi connectivity index (χ4v) is 10.1. The van der Waals surface area contributed by atoms with E-state index in [1.807, 2.05) is 13.0 Å². The molecule has 1 aromatic carbocycles. The molecule has 5 aliphatic rings. The maximum absolute atomic E-state index is 14.1. The maximum Gasteiger partial charge on any atom is 0.414 e. The number of piperidine rings is 1. The third-order valence-corrected chi connectivity index (χ3v) is 14.0. The van der Waals surface area contributed by atoms with Gasteiger partial charge in [-0.25, -0.2) is 51.9 Å². The van der Waals surface area contributed by atoms with E-state index in [1.54, 1.807) is 19.8 Å². The van der Waals surface area contributed by atoms with Gasteiger partial charge < -0.3 is 14.9 Å². The molecule has 0 amide bonds. The monoisotopic (exact) mass is 1040 g/mol. The van der Waals surface area contributed by atoms with Crippen LogP contribution in [0.3, 0.4) is 0 Å². The van der Waals surface area contributed by atoms with Crippen LogP contribution in [0.1, 0.15) is 125 Å². The van der Waals surface area contributed by atoms with Crippen LogP contribution in [0.2, 0.25) is 0 Å². The number of aryl methyl sites for hydroxylation is 4. The van der Waals surface area contributed by atoms with E-state index in [2.05, 4.69) is 40.8 Å². The van der Waals surface area contributed by atoms with Crippen LogP contribution in [-0.2, 0) is 72.9 Å². The lowest BCUT2D eigenvalue weighted by atomic mass is 9.99. The molecular formula is C47H64BrFN10O11. The number of alkyl halides is 1. The van der Waals surface area contributed by atoms with Crippen LogP contribution >= 0.6 is 15.9 Å². The van der Waals surface area contributed by atoms with Gasteiger partial charge in [-0.05, 0) is 95.6 Å². The minimum absolute atomic E-state index is 0.147. The Morgan fingerprint density at radius 1 is 0.700 bits per heavy atom. The van der Waals surface area contributed by atoms with E-state index in [9.17, 15) is 33.2 Å². The number of aromatic nitrogens is 9. The van der Waals surface area contributed by atoms with Gasteiger partial charge in [-0.15, -0.1) is 0 Å². The zero-order chi connectivity index (χ0) is 50.3. The number of hydrogen-bond donors (Lipinski definition) is 3. The van der Waals surface area contributed by atoms with Gasteiger partial charge in [0, 0.05) is 81.5 Å². The van der Waals surface area contributed by atoms with Gasteiger partial charge in [-0.3, -0.25) is 23.6 Å². The van der Waals surface area contributed by atoms with Crippen LogP contribution in [0, 0.1) is 12.7 Å². The Morgan fingerprint density at radius 2 is 1.20 bits per heavy atom. The quantitative estimate of drug-likeness (QED) is 0.152. The predicted molar refractivity (Wildman–Crippen MR) is 258 cm³/mol. The van der Waals surface area contributed by atoms with Crippen molar-refractivity contribution in [1.82, 2.24) is 47.7 Å². The molecule has 3 aromatic heterocycles. The molecular weight excluding hydrogens is 979 g/mol. The van der Waals surface area contributed by atoms with E-state index >= 15 is 0 Å². The van der Waals surface area contributed by atoms with Gasteiger partial charge in [-0.2, -0.15) is 15.0 Å². The highest BCUT2D eigenvalue weighted by molar-refractivity contribution is 9.09. The molecule has 2 bridgehead atoms. The summed E-state index contributed by atoms with van der Waals surface area (Å²) in [4.78, 5) is 106. The van der Waals surface area contributed by atoms with Crippen molar-refractivity contribution in [1.29, 1.82) is 0 Å². The summed E-state index contributed by atoms with van der Waals surface area (Å²) in [5, 5.41) is 15.6. The number of hydrogen-bond acceptors (Lipinski definition) is 13. The first-order valence-corrected chi connectivity index (χ1v) is 25.5. The Morgan fingerprint density at radius 3 is 1.70 bits per heavy atom. The zero-order valence-corrected chi connectivity index (χ0v) is 41.3. The summed E-state index contributed by atoms with van der Waals surface area (Å²) < 4.78 is 27.8. The molecule has 5 aliphatic heterocycles. The highest BCUT2D eigenvalue weighted by Crippen LogP contribution is 2.37. The molecule has 2 atom stereocenters. The number of nitrogens with one attached hydrogen (secondary N) is 1. The maximum atomic E-state index is 14.1. The second-order valence-corrected chi connectivity index (χ2v) is 19.0. The molecule has 2 fully saturated rings. The third kappa shape index (κ3) is 14.2. The van der Waals surface area contributed by atoms with Gasteiger partial charge in [0.25, 0.3) is 0 Å². The Kier molecular flexibility index (Phi) is 19.9. The number of fused-ring (bicyclic) bond motifs is 5. The van der Waals surface area contributed by atoms with Gasteiger partial charge in [0.15, 0.2) is 0 Å². The molecule has 0 aliphatic carbocycles. The fraction of sp³-hybridized carbons (Fsp3) is 0.638. The molecule has 2 saturated heterocycles. The lowest BCUT2D eigenvalue weighted by Crippen LogP contribution is -2.47. The molecule has 0 radical (unpaired) electrons. The van der Waals surface area contributed by atoms with Gasteiger partial charge in [0.2, 0.25) is 0 Å². The SMILES string of the molecule is Cc1cccc(F)c1COC1CC2CCC(C1)N2CCCn1c(=O)nc2n(c1=O)CCCCC2.O=C(O)C(=O)O.O=c1nc2n(c(=O)[nH]1)CCCCC2.O=c1nc2n(c(=O)n1CCCBr)CCCCC2. The summed E-state index contributed by atoms with van der Waals surface area (Å²) in [5.41, 5.74) is -0.462. The molecule has 382 valence electrons. The largest absolute Gasteiger partial charge is 0.473 e. The van der Waals surface area contributed by atoms with Crippen LogP contribution in [0.15, 0.2) is 47.0 Å². The summed E-state index contributed by atoms with van der Waals surface area (Å²) in [6.45, 7) is 5.98. The number of carboxylic acid groups (broad SMARTS) is 2. The van der Waals surface area contributed by atoms with E-state index in [1.165, 1.54) is 15.2 Å². The van der Waals surface area contributed by atoms with Crippen molar-refractivity contribution >= 4 is 27.9 Å². The lowest BCUT2D eigenvalue weighted by molar-refractivity contribution is -0.159. The summed E-state index contributed by atoms with van der Waals surface area (Å²) in [7, 11) is 0. The Hall–Kier alpha value is -5.68. The number of aromatic amines is 1. The molecule has 2 unspecified atom stereocenters. The van der Waals surface area contributed by atoms with Crippen LogP contribution < -0.4 is 34.1 Å². The number of H-pyrrole nitrogens is 1. The highest BCUT2D eigenvalue weighted by atomic mass is 79.9. The van der Waals surface area contributed by atoms with Crippen LogP contribution in [0.5, 0.6) is 0 Å². The van der Waals surface area contributed by atoms with E-state index in [-0.39, 0.29) is 29.0 Å². The number of benzene rings is 1. The third-order valence-electron chi connectivity index (χ3n) is 13.5. The molecule has 9 rings (SSSR count). The molecule has 21 nitrogen and oxygen atoms in total. The first-order chi connectivity index (χ1) is 33.7. The smallest absolute Gasteiger partial charge is 0.414 e. The van der Waals surface area contributed by atoms with E-state index in [0.29, 0.717) is 80.9 Å². The van der Waals surface area contributed by atoms with E-state index in [4.69, 9.17) is 24.5 Å². The molecule has 4 aromatic rings. The molecule has 3 N–H and O–H groups in total. The average Bonchev–Trinajstić information content (AvgIpc) is 3.71. The second kappa shape index (κ2) is 26.0. The molecule has 70 heavy (non-hydrogen) atoms. The van der Waals surface area contributed by atoms with Gasteiger partial charge in [0.05, 0.1) is 12.7 Å². The topological polar surface area (TPSA) is 269 Å². The highest BCUT2D eigenvalue weighted by Gasteiger charge is 2.40. The van der Waals surface area contributed by atoms with Gasteiger partial charge in [0.1, 0.15) is 23.3 Å². The predicted octanol–water partition coefficient (Wildman–Crippen LogP) is 2.91. The van der Waals surface area contributed by atoms with Gasteiger partial charge >= 0.3 is 46.1 Å². The minimum atomic E-state index is -1.82. The van der Waals surface area contributed by atoms with Gasteiger partial charge in [-0.1, -0.05) is 47.3 Å². The fourth-order valence-electron chi connectivity index (χ4n) is 9.85. The number of aliphatic carboxylic acids is 2. The van der Waals surface area contributed by atoms with Crippen molar-refractivity contribution in [3.8, 4) is 0 Å². The summed E-state index contributed by atoms with van der Waals surface area (Å²) in [5.74, 6) is -1.91. The Balaban J connectivity index is 0.000000184. The van der Waals surface area contributed by atoms with Crippen molar-refractivity contribution in [2.45, 2.75) is 180 Å². The number of nitrogens with zero attached hydrogens (tertiary/aromatic N) is 9. The summed E-state index contributed by atoms with van der Waals surface area (Å²) in [6.07, 6.45) is 17.2. The Bertz CT molecular complexity index is 2770. The minimum Gasteiger partial charge on any atom is -0.473 e. The van der Waals surface area contributed by atoms with E-state index in [0.717, 1.165) is 127 Å². The molecule has 0 spiro atoms. The number of rotatable bonds is 10. The zero-order valence-electron chi connectivity index (χ0n) is 39.7. The van der Waals surface area contributed by atoms with Crippen LogP contribution in [0.4, 0.5) is 4.39 Å². The van der Waals surface area contributed by atoms with E-state index < -0.39 is 29.0 Å². The second-order valence-electron chi connectivity index (χ2n) is 18.2. The van der Waals surface area contributed by atoms with Crippen LogP contribution in [0.25, 0.3) is 0 Å². The normalized spacial score (nSPS) is 19.4. The lowest BCUT2D eigenvalue weighted by Gasteiger charge is -2.39. The van der Waals surface area contributed by atoms with Crippen molar-refractivity contribution in [2.75, 3.05) is 11.9 Å². The molecule has 23 heteroatoms. The average molecular weight is 1040 g/mol. The standard InChI is InChI=1S/C26H35FN4O3.C11H16BrN3O2.C8H11N3O2.C2H2O4/c1-18-7-5-8-23(27)22(18)17-34-21-15-19-10-11-20(16-21)29(19)13-6-14-31-25(32)28-24-9-3-2-4-12-30(24)26(31)33;12-6-4-8-15-10(16)13-9-5-2-1-3-7-14(9)11(15)17;12-7-9-6-4-2-1-3-5-11(6)8(13)10-7;3-1(4)2(5)6/h5,7-8,19-21H,2-4,6,9-17H2,1H3;1-8H2;1-5H2,(H,10,12,13);(H,3,4)(H,5,6). The number of carbonyl (C=O) groups is 2. The van der Waals surface area contributed by atoms with Crippen molar-refractivity contribution in [2.24, 2.45) is 0 Å². The summed E-state index contributed by atoms with van der Waals surface area (Å²) in [6, 6.07) is 6.05. The van der Waals surface area contributed by atoms with Crippen molar-refractivity contribution < 1.29 is 28.9 Å². The molecule has 8 heterocycles. The Labute approximate surface area is 410 Å². The van der Waals surface area contributed by atoms with Crippen LogP contribution in [-0.4, -0.2) is 99.9 Å². The number of halogens is 2. The van der Waals surface area contributed by atoms with Crippen molar-refractivity contribution in [3.05, 3.63) is 116 Å². The van der Waals surface area contributed by atoms with Crippen molar-refractivity contribution in [3.63, 3.8) is 0 Å². The number of ether oxygens (including phenoxy) is 1. The first kappa shape index (κ1) is 53.7. The first-order valence-electron chi connectivity index (χ1n) is 24.4.